The van der Waals surface area contributed by atoms with Crippen LogP contribution in [0.4, 0.5) is 5.69 Å². The molecule has 0 aliphatic rings. The number of halogens is 1. The van der Waals surface area contributed by atoms with E-state index in [-0.39, 0.29) is 22.9 Å². The van der Waals surface area contributed by atoms with Gasteiger partial charge in [-0.25, -0.2) is 13.1 Å². The van der Waals surface area contributed by atoms with Crippen molar-refractivity contribution >= 4 is 27.3 Å². The van der Waals surface area contributed by atoms with Crippen molar-refractivity contribution in [2.45, 2.75) is 11.3 Å². The fraction of sp³-hybridized carbons (Fsp3) is 0.143. The first-order valence-corrected chi connectivity index (χ1v) is 8.07. The average molecular weight is 327 g/mol. The number of nitrogens with one attached hydrogen (secondary N) is 1. The Morgan fingerprint density at radius 1 is 1.14 bits per heavy atom. The summed E-state index contributed by atoms with van der Waals surface area (Å²) in [6, 6.07) is 10.9. The second kappa shape index (κ2) is 6.34. The molecule has 0 amide bonds. The Morgan fingerprint density at radius 3 is 2.48 bits per heavy atom. The Kier molecular flexibility index (Phi) is 4.72. The van der Waals surface area contributed by atoms with Gasteiger partial charge in [0.05, 0.1) is 5.69 Å². The van der Waals surface area contributed by atoms with E-state index in [1.54, 1.807) is 24.3 Å². The van der Waals surface area contributed by atoms with Crippen LogP contribution in [0.1, 0.15) is 5.56 Å². The van der Waals surface area contributed by atoms with Crippen molar-refractivity contribution in [1.82, 2.24) is 4.72 Å². The van der Waals surface area contributed by atoms with Crippen molar-refractivity contribution in [1.29, 1.82) is 0 Å². The first kappa shape index (κ1) is 15.6. The molecule has 21 heavy (non-hydrogen) atoms. The maximum atomic E-state index is 12.2. The topological polar surface area (TPSA) is 92.4 Å². The molecule has 0 aliphatic heterocycles. The molecule has 0 heterocycles. The number of rotatable bonds is 5. The molecule has 0 spiro atoms. The average Bonchev–Trinajstić information content (AvgIpc) is 2.43. The van der Waals surface area contributed by atoms with Gasteiger partial charge < -0.3 is 10.8 Å². The minimum Gasteiger partial charge on any atom is -0.508 e. The largest absolute Gasteiger partial charge is 0.508 e. The number of nitrogen functional groups attached to an aromatic ring is 1. The normalized spacial score (nSPS) is 11.5. The highest BCUT2D eigenvalue weighted by Gasteiger charge is 2.17. The van der Waals surface area contributed by atoms with Gasteiger partial charge >= 0.3 is 0 Å². The third-order valence-corrected chi connectivity index (χ3v) is 4.66. The predicted octanol–water partition coefficient (Wildman–Crippen LogP) is 2.15. The molecule has 0 atom stereocenters. The quantitative estimate of drug-likeness (QED) is 0.734. The highest BCUT2D eigenvalue weighted by atomic mass is 35.5. The molecular weight excluding hydrogens is 312 g/mol. The zero-order valence-corrected chi connectivity index (χ0v) is 12.7. The molecule has 7 heteroatoms. The third kappa shape index (κ3) is 4.10. The maximum absolute atomic E-state index is 12.2. The molecule has 0 unspecified atom stereocenters. The lowest BCUT2D eigenvalue weighted by Gasteiger charge is -2.09. The number of hydrogen-bond donors (Lipinski definition) is 3. The van der Waals surface area contributed by atoms with Gasteiger partial charge in [0.2, 0.25) is 10.0 Å². The van der Waals surface area contributed by atoms with Crippen LogP contribution >= 0.6 is 11.6 Å². The van der Waals surface area contributed by atoms with Crippen LogP contribution in [0.2, 0.25) is 5.02 Å². The minimum absolute atomic E-state index is 0.0271. The van der Waals surface area contributed by atoms with Gasteiger partial charge in [-0.1, -0.05) is 23.7 Å². The van der Waals surface area contributed by atoms with Gasteiger partial charge in [-0.05, 0) is 42.3 Å². The molecule has 0 bridgehead atoms. The molecule has 0 saturated heterocycles. The van der Waals surface area contributed by atoms with Crippen LogP contribution in [-0.4, -0.2) is 20.1 Å². The third-order valence-electron chi connectivity index (χ3n) is 2.91. The number of aromatic hydroxyl groups is 1. The highest BCUT2D eigenvalue weighted by molar-refractivity contribution is 7.89. The van der Waals surface area contributed by atoms with E-state index < -0.39 is 10.0 Å². The molecule has 112 valence electrons. The number of benzene rings is 2. The van der Waals surface area contributed by atoms with E-state index in [0.717, 1.165) is 5.56 Å². The molecule has 0 fully saturated rings. The lowest BCUT2D eigenvalue weighted by molar-refractivity contribution is 0.475. The Hall–Kier alpha value is -1.76. The summed E-state index contributed by atoms with van der Waals surface area (Å²) in [6.45, 7) is 0.221. The van der Waals surface area contributed by atoms with E-state index in [9.17, 15) is 13.5 Å². The molecule has 0 radical (unpaired) electrons. The monoisotopic (exact) mass is 326 g/mol. The summed E-state index contributed by atoms with van der Waals surface area (Å²) in [5.41, 5.74) is 6.73. The van der Waals surface area contributed by atoms with Crippen LogP contribution < -0.4 is 10.5 Å². The van der Waals surface area contributed by atoms with Crippen LogP contribution in [0.25, 0.3) is 0 Å². The summed E-state index contributed by atoms with van der Waals surface area (Å²) < 4.78 is 26.8. The summed E-state index contributed by atoms with van der Waals surface area (Å²) in [5, 5.41) is 9.49. The van der Waals surface area contributed by atoms with Crippen LogP contribution in [-0.2, 0) is 16.4 Å². The van der Waals surface area contributed by atoms with Crippen LogP contribution in [0, 0.1) is 0 Å². The van der Waals surface area contributed by atoms with Gasteiger partial charge in [-0.15, -0.1) is 0 Å². The van der Waals surface area contributed by atoms with Gasteiger partial charge in [0, 0.05) is 11.6 Å². The Balaban J connectivity index is 2.04. The van der Waals surface area contributed by atoms with Gasteiger partial charge in [0.15, 0.2) is 0 Å². The van der Waals surface area contributed by atoms with Crippen molar-refractivity contribution in [2.24, 2.45) is 0 Å². The van der Waals surface area contributed by atoms with Gasteiger partial charge in [0.1, 0.15) is 10.6 Å². The number of nitrogens with two attached hydrogens (primary N) is 1. The number of phenols is 1. The standard InChI is InChI=1S/C14H15ClN2O3S/c15-11-3-6-13(16)14(9-11)21(19,20)17-8-7-10-1-4-12(18)5-2-10/h1-6,9,17-18H,7-8,16H2. The first-order valence-electron chi connectivity index (χ1n) is 6.21. The SMILES string of the molecule is Nc1ccc(Cl)cc1S(=O)(=O)NCCc1ccc(O)cc1. The Bertz CT molecular complexity index is 730. The van der Waals surface area contributed by atoms with Gasteiger partial charge in [-0.3, -0.25) is 0 Å². The number of anilines is 1. The van der Waals surface area contributed by atoms with E-state index in [0.29, 0.717) is 11.4 Å². The summed E-state index contributed by atoms with van der Waals surface area (Å²) in [6.07, 6.45) is 0.500. The second-order valence-electron chi connectivity index (χ2n) is 4.50. The fourth-order valence-corrected chi connectivity index (χ4v) is 3.23. The molecule has 2 aromatic carbocycles. The second-order valence-corrected chi connectivity index (χ2v) is 6.67. The molecule has 4 N–H and O–H groups in total. The Morgan fingerprint density at radius 2 is 1.81 bits per heavy atom. The number of hydrogen-bond acceptors (Lipinski definition) is 4. The lowest BCUT2D eigenvalue weighted by atomic mass is 10.1. The van der Waals surface area contributed by atoms with E-state index in [2.05, 4.69) is 4.72 Å². The van der Waals surface area contributed by atoms with Crippen molar-refractivity contribution in [3.8, 4) is 5.75 Å². The lowest BCUT2D eigenvalue weighted by Crippen LogP contribution is -2.26. The molecule has 2 aromatic rings. The summed E-state index contributed by atoms with van der Waals surface area (Å²) in [4.78, 5) is -0.0271. The van der Waals surface area contributed by atoms with E-state index in [1.807, 2.05) is 0 Å². The minimum atomic E-state index is -3.70. The van der Waals surface area contributed by atoms with Crippen molar-refractivity contribution in [2.75, 3.05) is 12.3 Å². The van der Waals surface area contributed by atoms with E-state index in [4.69, 9.17) is 17.3 Å². The molecule has 5 nitrogen and oxygen atoms in total. The molecular formula is C14H15ClN2O3S. The highest BCUT2D eigenvalue weighted by Crippen LogP contribution is 2.22. The molecule has 0 aromatic heterocycles. The van der Waals surface area contributed by atoms with E-state index in [1.165, 1.54) is 18.2 Å². The van der Waals surface area contributed by atoms with Crippen molar-refractivity contribution in [3.63, 3.8) is 0 Å². The van der Waals surface area contributed by atoms with Gasteiger partial charge in [-0.2, -0.15) is 0 Å². The Labute approximate surface area is 128 Å². The summed E-state index contributed by atoms with van der Waals surface area (Å²) in [5.74, 6) is 0.172. The maximum Gasteiger partial charge on any atom is 0.242 e. The molecule has 0 aliphatic carbocycles. The van der Waals surface area contributed by atoms with Crippen LogP contribution in [0.5, 0.6) is 5.75 Å². The van der Waals surface area contributed by atoms with Gasteiger partial charge in [0.25, 0.3) is 0 Å². The van der Waals surface area contributed by atoms with Crippen molar-refractivity contribution in [3.05, 3.63) is 53.1 Å². The zero-order valence-electron chi connectivity index (χ0n) is 11.1. The fourth-order valence-electron chi connectivity index (χ4n) is 1.81. The molecule has 2 rings (SSSR count). The van der Waals surface area contributed by atoms with Crippen LogP contribution in [0.3, 0.4) is 0 Å². The van der Waals surface area contributed by atoms with Crippen molar-refractivity contribution < 1.29 is 13.5 Å². The number of sulfonamides is 1. The summed E-state index contributed by atoms with van der Waals surface area (Å²) >= 11 is 5.80. The van der Waals surface area contributed by atoms with E-state index >= 15 is 0 Å². The molecule has 0 saturated carbocycles. The smallest absolute Gasteiger partial charge is 0.242 e. The summed E-state index contributed by atoms with van der Waals surface area (Å²) in [7, 11) is -3.70. The predicted molar refractivity (Wildman–Crippen MR) is 82.9 cm³/mol. The first-order chi connectivity index (χ1) is 9.88. The number of phenolic OH excluding ortho intramolecular Hbond substituents is 1. The van der Waals surface area contributed by atoms with Crippen LogP contribution in [0.15, 0.2) is 47.4 Å². The zero-order chi connectivity index (χ0) is 15.5.